The number of nitrogens with zero attached hydrogens (tertiary/aromatic N) is 1. The molecule has 0 radical (unpaired) electrons. The molecule has 0 atom stereocenters. The number of sulfonamides is 1. The molecule has 0 aliphatic carbocycles. The summed E-state index contributed by atoms with van der Waals surface area (Å²) in [5.74, 6) is 0. The van der Waals surface area contributed by atoms with Crippen LogP contribution < -0.4 is 4.72 Å². The minimum atomic E-state index is -4.78. The van der Waals surface area contributed by atoms with E-state index in [1.54, 1.807) is 38.4 Å². The second kappa shape index (κ2) is 7.85. The van der Waals surface area contributed by atoms with Crippen molar-refractivity contribution < 1.29 is 21.6 Å². The first-order valence-electron chi connectivity index (χ1n) is 9.13. The van der Waals surface area contributed by atoms with Gasteiger partial charge in [-0.1, -0.05) is 30.3 Å². The summed E-state index contributed by atoms with van der Waals surface area (Å²) >= 11 is 0. The predicted octanol–water partition coefficient (Wildman–Crippen LogP) is 5.29. The Balaban J connectivity index is 2.00. The van der Waals surface area contributed by atoms with E-state index in [0.29, 0.717) is 5.56 Å². The SMILES string of the molecule is Cc1cnccc1-c1cccc(C(C)(C)NS(=O)(=O)c2ccccc2C(F)(F)F)c1. The molecule has 8 heteroatoms. The smallest absolute Gasteiger partial charge is 0.264 e. The van der Waals surface area contributed by atoms with Crippen molar-refractivity contribution in [2.75, 3.05) is 0 Å². The van der Waals surface area contributed by atoms with Gasteiger partial charge >= 0.3 is 6.18 Å². The molecule has 0 aliphatic heterocycles. The van der Waals surface area contributed by atoms with Crippen molar-refractivity contribution in [1.29, 1.82) is 0 Å². The van der Waals surface area contributed by atoms with Gasteiger partial charge in [0.25, 0.3) is 0 Å². The highest BCUT2D eigenvalue weighted by Crippen LogP contribution is 2.35. The molecular weight excluding hydrogens is 413 g/mol. The lowest BCUT2D eigenvalue weighted by atomic mass is 9.92. The second-order valence-corrected chi connectivity index (χ2v) is 9.15. The van der Waals surface area contributed by atoms with E-state index in [1.165, 1.54) is 6.07 Å². The Morgan fingerprint density at radius 3 is 2.33 bits per heavy atom. The van der Waals surface area contributed by atoms with E-state index in [2.05, 4.69) is 9.71 Å². The fraction of sp³-hybridized carbons (Fsp3) is 0.227. The van der Waals surface area contributed by atoms with Crippen LogP contribution in [0.15, 0.2) is 71.9 Å². The van der Waals surface area contributed by atoms with E-state index in [1.807, 2.05) is 25.1 Å². The lowest BCUT2D eigenvalue weighted by Crippen LogP contribution is -2.41. The number of benzene rings is 2. The molecule has 0 unspecified atom stereocenters. The van der Waals surface area contributed by atoms with Gasteiger partial charge < -0.3 is 0 Å². The van der Waals surface area contributed by atoms with E-state index < -0.39 is 32.2 Å². The van der Waals surface area contributed by atoms with Crippen LogP contribution in [0, 0.1) is 6.92 Å². The molecule has 3 rings (SSSR count). The minimum absolute atomic E-state index is 0.615. The van der Waals surface area contributed by atoms with Gasteiger partial charge in [-0.25, -0.2) is 13.1 Å². The number of alkyl halides is 3. The third-order valence-corrected chi connectivity index (χ3v) is 6.50. The normalized spacial score (nSPS) is 12.7. The van der Waals surface area contributed by atoms with Crippen LogP contribution in [-0.2, 0) is 21.7 Å². The van der Waals surface area contributed by atoms with E-state index in [0.717, 1.165) is 34.9 Å². The summed E-state index contributed by atoms with van der Waals surface area (Å²) in [6.07, 6.45) is -1.39. The molecule has 0 saturated carbocycles. The van der Waals surface area contributed by atoms with Crippen LogP contribution in [0.1, 0.15) is 30.5 Å². The first-order valence-corrected chi connectivity index (χ1v) is 10.6. The summed E-state index contributed by atoms with van der Waals surface area (Å²) in [6.45, 7) is 5.13. The molecule has 0 amide bonds. The van der Waals surface area contributed by atoms with Crippen molar-refractivity contribution >= 4 is 10.0 Å². The maximum absolute atomic E-state index is 13.3. The number of aryl methyl sites for hydroxylation is 1. The van der Waals surface area contributed by atoms with Crippen molar-refractivity contribution in [2.45, 2.75) is 37.4 Å². The minimum Gasteiger partial charge on any atom is -0.264 e. The van der Waals surface area contributed by atoms with E-state index in [9.17, 15) is 21.6 Å². The number of hydrogen-bond acceptors (Lipinski definition) is 3. The molecule has 0 bridgehead atoms. The van der Waals surface area contributed by atoms with Crippen molar-refractivity contribution in [1.82, 2.24) is 9.71 Å². The second-order valence-electron chi connectivity index (χ2n) is 7.50. The van der Waals surface area contributed by atoms with Gasteiger partial charge in [-0.2, -0.15) is 13.2 Å². The highest BCUT2D eigenvalue weighted by Gasteiger charge is 2.38. The van der Waals surface area contributed by atoms with Crippen molar-refractivity contribution in [3.63, 3.8) is 0 Å². The van der Waals surface area contributed by atoms with E-state index in [4.69, 9.17) is 0 Å². The number of hydrogen-bond donors (Lipinski definition) is 1. The summed E-state index contributed by atoms with van der Waals surface area (Å²) in [5.41, 5.74) is 1.00. The van der Waals surface area contributed by atoms with Gasteiger partial charge in [-0.3, -0.25) is 4.98 Å². The maximum Gasteiger partial charge on any atom is 0.417 e. The Bertz CT molecular complexity index is 1170. The van der Waals surface area contributed by atoms with Crippen LogP contribution >= 0.6 is 0 Å². The van der Waals surface area contributed by atoms with Gasteiger partial charge in [0, 0.05) is 12.4 Å². The Kier molecular flexibility index (Phi) is 5.75. The van der Waals surface area contributed by atoms with E-state index >= 15 is 0 Å². The molecule has 30 heavy (non-hydrogen) atoms. The Morgan fingerprint density at radius 1 is 0.967 bits per heavy atom. The molecule has 0 spiro atoms. The fourth-order valence-corrected chi connectivity index (χ4v) is 4.89. The Hall–Kier alpha value is -2.71. The highest BCUT2D eigenvalue weighted by molar-refractivity contribution is 7.89. The first-order chi connectivity index (χ1) is 13.9. The average molecular weight is 434 g/mol. The van der Waals surface area contributed by atoms with Crippen molar-refractivity contribution in [2.24, 2.45) is 0 Å². The number of rotatable bonds is 5. The summed E-state index contributed by atoms with van der Waals surface area (Å²) < 4.78 is 68.1. The molecule has 0 fully saturated rings. The Morgan fingerprint density at radius 2 is 1.67 bits per heavy atom. The van der Waals surface area contributed by atoms with Crippen LogP contribution in [0.4, 0.5) is 13.2 Å². The van der Waals surface area contributed by atoms with Crippen LogP contribution in [0.2, 0.25) is 0 Å². The molecule has 1 N–H and O–H groups in total. The van der Waals surface area contributed by atoms with Gasteiger partial charge in [0.15, 0.2) is 0 Å². The molecule has 0 aliphatic rings. The third-order valence-electron chi connectivity index (χ3n) is 4.79. The van der Waals surface area contributed by atoms with Crippen LogP contribution in [0.25, 0.3) is 11.1 Å². The molecule has 158 valence electrons. The zero-order valence-electron chi connectivity index (χ0n) is 16.7. The van der Waals surface area contributed by atoms with Crippen LogP contribution in [0.5, 0.6) is 0 Å². The number of aromatic nitrogens is 1. The quantitative estimate of drug-likeness (QED) is 0.594. The monoisotopic (exact) mass is 434 g/mol. The number of halogens is 3. The third kappa shape index (κ3) is 4.55. The predicted molar refractivity (Wildman–Crippen MR) is 109 cm³/mol. The van der Waals surface area contributed by atoms with Gasteiger partial charge in [0.05, 0.1) is 16.0 Å². The van der Waals surface area contributed by atoms with Gasteiger partial charge in [0.1, 0.15) is 0 Å². The summed E-state index contributed by atoms with van der Waals surface area (Å²) in [6, 6.07) is 13.2. The number of pyridine rings is 1. The topological polar surface area (TPSA) is 59.1 Å². The fourth-order valence-electron chi connectivity index (χ4n) is 3.26. The zero-order valence-corrected chi connectivity index (χ0v) is 17.5. The molecular formula is C22H21F3N2O2S. The van der Waals surface area contributed by atoms with E-state index in [-0.39, 0.29) is 0 Å². The molecule has 2 aromatic carbocycles. The molecule has 0 saturated heterocycles. The van der Waals surface area contributed by atoms with Crippen LogP contribution in [0.3, 0.4) is 0 Å². The Labute approximate surface area is 173 Å². The molecule has 1 aromatic heterocycles. The standard InChI is InChI=1S/C22H21F3N2O2S/c1-15-14-26-12-11-18(15)16-7-6-8-17(13-16)21(2,3)27-30(28,29)20-10-5-4-9-19(20)22(23,24)25/h4-14,27H,1-3H3. The molecule has 1 heterocycles. The molecule has 3 aromatic rings. The largest absolute Gasteiger partial charge is 0.417 e. The molecule has 4 nitrogen and oxygen atoms in total. The zero-order chi connectivity index (χ0) is 22.2. The van der Waals surface area contributed by atoms with Gasteiger partial charge in [-0.05, 0) is 67.3 Å². The van der Waals surface area contributed by atoms with Crippen LogP contribution in [-0.4, -0.2) is 13.4 Å². The average Bonchev–Trinajstić information content (AvgIpc) is 2.67. The van der Waals surface area contributed by atoms with Crippen molar-refractivity contribution in [3.05, 3.63) is 83.7 Å². The van der Waals surface area contributed by atoms with Gasteiger partial charge in [0.2, 0.25) is 10.0 Å². The number of nitrogens with one attached hydrogen (secondary N) is 1. The maximum atomic E-state index is 13.3. The summed E-state index contributed by atoms with van der Waals surface area (Å²) in [7, 11) is -4.45. The highest BCUT2D eigenvalue weighted by atomic mass is 32.2. The lowest BCUT2D eigenvalue weighted by Gasteiger charge is -2.28. The van der Waals surface area contributed by atoms with Crippen molar-refractivity contribution in [3.8, 4) is 11.1 Å². The summed E-state index contributed by atoms with van der Waals surface area (Å²) in [4.78, 5) is 3.27. The summed E-state index contributed by atoms with van der Waals surface area (Å²) in [5, 5.41) is 0. The van der Waals surface area contributed by atoms with Gasteiger partial charge in [-0.15, -0.1) is 0 Å². The first kappa shape index (κ1) is 22.0. The lowest BCUT2D eigenvalue weighted by molar-refractivity contribution is -0.139.